The van der Waals surface area contributed by atoms with Gasteiger partial charge in [0, 0.05) is 19.6 Å². The van der Waals surface area contributed by atoms with E-state index < -0.39 is 0 Å². The van der Waals surface area contributed by atoms with Gasteiger partial charge in [0.1, 0.15) is 0 Å². The molecule has 3 N–H and O–H groups in total. The van der Waals surface area contributed by atoms with Crippen molar-refractivity contribution >= 4 is 35.8 Å². The van der Waals surface area contributed by atoms with Gasteiger partial charge < -0.3 is 30.2 Å². The van der Waals surface area contributed by atoms with Crippen molar-refractivity contribution in [1.29, 1.82) is 0 Å². The SMILES string of the molecule is CN=C(NCC(=O)NC1CCCCC1)NCc1cc(OC)c(OC)c(OC)c1.I. The lowest BCUT2D eigenvalue weighted by atomic mass is 9.95. The van der Waals surface area contributed by atoms with Gasteiger partial charge in [0.2, 0.25) is 11.7 Å². The molecule has 8 nitrogen and oxygen atoms in total. The molecule has 2 rings (SSSR count). The molecule has 0 bridgehead atoms. The Kier molecular flexibility index (Phi) is 11.6. The van der Waals surface area contributed by atoms with Gasteiger partial charge in [-0.05, 0) is 30.5 Å². The summed E-state index contributed by atoms with van der Waals surface area (Å²) in [7, 11) is 6.41. The lowest BCUT2D eigenvalue weighted by molar-refractivity contribution is -0.120. The maximum absolute atomic E-state index is 12.1. The summed E-state index contributed by atoms with van der Waals surface area (Å²) in [6.45, 7) is 0.673. The standard InChI is InChI=1S/C20H32N4O4.HI/c1-21-20(23-13-18(25)24-15-8-6-5-7-9-15)22-12-14-10-16(26-2)19(28-4)17(11-14)27-3;/h10-11,15H,5-9,12-13H2,1-4H3,(H,24,25)(H2,21,22,23);1H. The van der Waals surface area contributed by atoms with Gasteiger partial charge in [-0.1, -0.05) is 19.3 Å². The van der Waals surface area contributed by atoms with Crippen LogP contribution in [0.5, 0.6) is 17.2 Å². The van der Waals surface area contributed by atoms with Crippen LogP contribution in [0.3, 0.4) is 0 Å². The Hall–Kier alpha value is -1.91. The molecule has 1 aliphatic rings. The molecular weight excluding hydrogens is 487 g/mol. The van der Waals surface area contributed by atoms with Crippen LogP contribution in [-0.2, 0) is 11.3 Å². The molecule has 0 aliphatic heterocycles. The van der Waals surface area contributed by atoms with E-state index in [0.717, 1.165) is 18.4 Å². The molecule has 9 heteroatoms. The highest BCUT2D eigenvalue weighted by Crippen LogP contribution is 2.38. The number of halogens is 1. The van der Waals surface area contributed by atoms with Gasteiger partial charge in [-0.25, -0.2) is 0 Å². The van der Waals surface area contributed by atoms with E-state index >= 15 is 0 Å². The number of rotatable bonds is 8. The monoisotopic (exact) mass is 520 g/mol. The third-order valence-electron chi connectivity index (χ3n) is 4.79. The van der Waals surface area contributed by atoms with E-state index in [1.807, 2.05) is 12.1 Å². The average molecular weight is 520 g/mol. The zero-order valence-electron chi connectivity index (χ0n) is 17.7. The molecule has 1 fully saturated rings. The first-order valence-corrected chi connectivity index (χ1v) is 9.64. The molecule has 0 heterocycles. The number of methoxy groups -OCH3 is 3. The predicted octanol–water partition coefficient (Wildman–Crippen LogP) is 2.44. The number of aliphatic imine (C=N–C) groups is 1. The van der Waals surface area contributed by atoms with Gasteiger partial charge in [-0.2, -0.15) is 0 Å². The first kappa shape index (κ1) is 25.1. The number of hydrogen-bond donors (Lipinski definition) is 3. The molecule has 0 atom stereocenters. The number of nitrogens with one attached hydrogen (secondary N) is 3. The number of hydrogen-bond acceptors (Lipinski definition) is 5. The van der Waals surface area contributed by atoms with Crippen molar-refractivity contribution in [2.45, 2.75) is 44.7 Å². The van der Waals surface area contributed by atoms with E-state index in [0.29, 0.717) is 35.8 Å². The Morgan fingerprint density at radius 3 is 2.17 bits per heavy atom. The minimum atomic E-state index is -0.0114. The first-order chi connectivity index (χ1) is 13.6. The first-order valence-electron chi connectivity index (χ1n) is 9.64. The quantitative estimate of drug-likeness (QED) is 0.277. The van der Waals surface area contributed by atoms with Crippen molar-refractivity contribution in [1.82, 2.24) is 16.0 Å². The maximum Gasteiger partial charge on any atom is 0.239 e. The summed E-state index contributed by atoms with van der Waals surface area (Å²) in [5, 5.41) is 9.32. The van der Waals surface area contributed by atoms with Crippen LogP contribution in [-0.4, -0.2) is 52.8 Å². The zero-order valence-corrected chi connectivity index (χ0v) is 20.0. The predicted molar refractivity (Wildman–Crippen MR) is 125 cm³/mol. The number of amides is 1. The number of nitrogens with zero attached hydrogens (tertiary/aromatic N) is 1. The van der Waals surface area contributed by atoms with Crippen LogP contribution in [0.1, 0.15) is 37.7 Å². The molecule has 1 aromatic rings. The van der Waals surface area contributed by atoms with E-state index in [9.17, 15) is 4.79 Å². The molecule has 1 amide bonds. The van der Waals surface area contributed by atoms with Crippen LogP contribution in [0.4, 0.5) is 0 Å². The highest BCUT2D eigenvalue weighted by molar-refractivity contribution is 14.0. The molecule has 0 unspecified atom stereocenters. The summed E-state index contributed by atoms with van der Waals surface area (Å²) in [5.74, 6) is 2.27. The fourth-order valence-electron chi connectivity index (χ4n) is 3.33. The van der Waals surface area contributed by atoms with Crippen LogP contribution in [0.25, 0.3) is 0 Å². The molecule has 0 radical (unpaired) electrons. The van der Waals surface area contributed by atoms with E-state index in [1.165, 1.54) is 19.3 Å². The van der Waals surface area contributed by atoms with E-state index in [1.54, 1.807) is 28.4 Å². The Labute approximate surface area is 190 Å². The van der Waals surface area contributed by atoms with E-state index in [-0.39, 0.29) is 36.4 Å². The van der Waals surface area contributed by atoms with E-state index in [2.05, 4.69) is 20.9 Å². The number of ether oxygens (including phenoxy) is 3. The zero-order chi connectivity index (χ0) is 20.4. The van der Waals surface area contributed by atoms with Gasteiger partial charge >= 0.3 is 0 Å². The topological polar surface area (TPSA) is 93.2 Å². The summed E-state index contributed by atoms with van der Waals surface area (Å²) >= 11 is 0. The van der Waals surface area contributed by atoms with Gasteiger partial charge in [-0.15, -0.1) is 24.0 Å². The third-order valence-corrected chi connectivity index (χ3v) is 4.79. The van der Waals surface area contributed by atoms with Gasteiger partial charge in [-0.3, -0.25) is 9.79 Å². The highest BCUT2D eigenvalue weighted by atomic mass is 127. The number of carbonyl (C=O) groups excluding carboxylic acids is 1. The lowest BCUT2D eigenvalue weighted by Gasteiger charge is -2.23. The van der Waals surface area contributed by atoms with Crippen molar-refractivity contribution < 1.29 is 19.0 Å². The minimum absolute atomic E-state index is 0. The fraction of sp³-hybridized carbons (Fsp3) is 0.600. The minimum Gasteiger partial charge on any atom is -0.493 e. The average Bonchev–Trinajstić information content (AvgIpc) is 2.73. The van der Waals surface area contributed by atoms with Crippen LogP contribution in [0.15, 0.2) is 17.1 Å². The van der Waals surface area contributed by atoms with Crippen molar-refractivity contribution in [3.8, 4) is 17.2 Å². The highest BCUT2D eigenvalue weighted by Gasteiger charge is 2.16. The Bertz CT molecular complexity index is 653. The van der Waals surface area contributed by atoms with Gasteiger partial charge in [0.05, 0.1) is 27.9 Å². The van der Waals surface area contributed by atoms with Crippen molar-refractivity contribution in [3.63, 3.8) is 0 Å². The van der Waals surface area contributed by atoms with Crippen LogP contribution >= 0.6 is 24.0 Å². The number of carbonyl (C=O) groups is 1. The second-order valence-corrected chi connectivity index (χ2v) is 6.72. The normalized spacial score (nSPS) is 14.4. The number of benzene rings is 1. The molecule has 1 aromatic carbocycles. The summed E-state index contributed by atoms with van der Waals surface area (Å²) < 4.78 is 16.1. The molecule has 1 saturated carbocycles. The molecular formula is C20H33IN4O4. The van der Waals surface area contributed by atoms with Crippen molar-refractivity contribution in [2.24, 2.45) is 4.99 Å². The second-order valence-electron chi connectivity index (χ2n) is 6.72. The van der Waals surface area contributed by atoms with Gasteiger partial charge in [0.15, 0.2) is 17.5 Å². The smallest absolute Gasteiger partial charge is 0.239 e. The fourth-order valence-corrected chi connectivity index (χ4v) is 3.33. The summed E-state index contributed by atoms with van der Waals surface area (Å²) in [6, 6.07) is 4.05. The summed E-state index contributed by atoms with van der Waals surface area (Å²) in [5.41, 5.74) is 0.934. The van der Waals surface area contributed by atoms with Crippen molar-refractivity contribution in [2.75, 3.05) is 34.9 Å². The largest absolute Gasteiger partial charge is 0.493 e. The molecule has 1 aliphatic carbocycles. The van der Waals surface area contributed by atoms with Gasteiger partial charge in [0.25, 0.3) is 0 Å². The van der Waals surface area contributed by atoms with Crippen LogP contribution in [0, 0.1) is 0 Å². The molecule has 0 aromatic heterocycles. The number of guanidine groups is 1. The molecule has 29 heavy (non-hydrogen) atoms. The molecule has 0 saturated heterocycles. The molecule has 0 spiro atoms. The Morgan fingerprint density at radius 1 is 1.03 bits per heavy atom. The third kappa shape index (κ3) is 7.79. The lowest BCUT2D eigenvalue weighted by Crippen LogP contribution is -2.45. The van der Waals surface area contributed by atoms with E-state index in [4.69, 9.17) is 14.2 Å². The van der Waals surface area contributed by atoms with Crippen LogP contribution in [0.2, 0.25) is 0 Å². The maximum atomic E-state index is 12.1. The Balaban J connectivity index is 0.00000420. The molecule has 164 valence electrons. The summed E-state index contributed by atoms with van der Waals surface area (Å²) in [4.78, 5) is 16.3. The second kappa shape index (κ2) is 13.3. The van der Waals surface area contributed by atoms with Crippen molar-refractivity contribution in [3.05, 3.63) is 17.7 Å². The van der Waals surface area contributed by atoms with Crippen LogP contribution < -0.4 is 30.2 Å². The summed E-state index contributed by atoms with van der Waals surface area (Å²) in [6.07, 6.45) is 5.79. The Morgan fingerprint density at radius 2 is 1.66 bits per heavy atom.